The lowest BCUT2D eigenvalue weighted by atomic mass is 10.2. The van der Waals surface area contributed by atoms with Crippen LogP contribution in [-0.2, 0) is 14.9 Å². The minimum Gasteiger partial charge on any atom is -0.379 e. The molecule has 0 bridgehead atoms. The Hall–Kier alpha value is -3.19. The van der Waals surface area contributed by atoms with Crippen LogP contribution in [-0.4, -0.2) is 86.5 Å². The summed E-state index contributed by atoms with van der Waals surface area (Å²) >= 11 is 0. The van der Waals surface area contributed by atoms with Gasteiger partial charge in [-0.3, -0.25) is 0 Å². The molecule has 34 heavy (non-hydrogen) atoms. The third kappa shape index (κ3) is 6.03. The van der Waals surface area contributed by atoms with Gasteiger partial charge in [0.2, 0.25) is 0 Å². The van der Waals surface area contributed by atoms with Crippen LogP contribution in [0.3, 0.4) is 0 Å². The van der Waals surface area contributed by atoms with Crippen molar-refractivity contribution < 1.29 is 22.7 Å². The molecule has 0 saturated carbocycles. The van der Waals surface area contributed by atoms with E-state index in [0.717, 1.165) is 0 Å². The molecule has 2 saturated heterocycles. The third-order valence-corrected chi connectivity index (χ3v) is 7.59. The van der Waals surface area contributed by atoms with Crippen LogP contribution in [0.1, 0.15) is 0 Å². The number of rotatable bonds is 5. The largest absolute Gasteiger partial charge is 0.379 e. The van der Waals surface area contributed by atoms with Crippen molar-refractivity contribution in [2.24, 2.45) is 0 Å². The number of benzene rings is 2. The summed E-state index contributed by atoms with van der Waals surface area (Å²) in [6.07, 6.45) is 0. The number of urea groups is 2. The lowest BCUT2D eigenvalue weighted by molar-refractivity contribution is 0.0691. The molecule has 0 aromatic heterocycles. The van der Waals surface area contributed by atoms with Gasteiger partial charge in [0.1, 0.15) is 0 Å². The average Bonchev–Trinajstić information content (AvgIpc) is 2.85. The van der Waals surface area contributed by atoms with Crippen LogP contribution in [0.5, 0.6) is 0 Å². The Morgan fingerprint density at radius 3 is 1.94 bits per heavy atom. The number of nitrogens with one attached hydrogen (secondary N) is 3. The van der Waals surface area contributed by atoms with Crippen LogP contribution in [0.15, 0.2) is 54.6 Å². The molecule has 0 atom stereocenters. The van der Waals surface area contributed by atoms with Crippen LogP contribution in [0.25, 0.3) is 0 Å². The first-order valence-electron chi connectivity index (χ1n) is 11.0. The number of anilines is 3. The molecule has 0 radical (unpaired) electrons. The number of amides is 4. The summed E-state index contributed by atoms with van der Waals surface area (Å²) in [7, 11) is -3.55. The van der Waals surface area contributed by atoms with Gasteiger partial charge in [-0.25, -0.2) is 9.59 Å². The van der Waals surface area contributed by atoms with Crippen molar-refractivity contribution >= 4 is 39.3 Å². The lowest BCUT2D eigenvalue weighted by Gasteiger charge is -2.37. The molecule has 2 aromatic carbocycles. The quantitative estimate of drug-likeness (QED) is 0.595. The van der Waals surface area contributed by atoms with Crippen LogP contribution in [0.2, 0.25) is 0 Å². The van der Waals surface area contributed by atoms with Gasteiger partial charge in [0.05, 0.1) is 13.2 Å². The van der Waals surface area contributed by atoms with E-state index >= 15 is 0 Å². The minimum atomic E-state index is -3.55. The van der Waals surface area contributed by atoms with E-state index in [4.69, 9.17) is 4.74 Å². The second kappa shape index (κ2) is 10.8. The summed E-state index contributed by atoms with van der Waals surface area (Å²) in [5, 5.41) is 8.28. The second-order valence-electron chi connectivity index (χ2n) is 7.86. The van der Waals surface area contributed by atoms with Gasteiger partial charge in [0.25, 0.3) is 10.2 Å². The molecule has 2 aromatic rings. The first-order chi connectivity index (χ1) is 16.4. The van der Waals surface area contributed by atoms with Gasteiger partial charge < -0.3 is 25.6 Å². The normalized spacial score (nSPS) is 17.7. The second-order valence-corrected chi connectivity index (χ2v) is 9.79. The maximum absolute atomic E-state index is 12.8. The maximum Gasteiger partial charge on any atom is 0.323 e. The molecular formula is C22H28N6O5S. The smallest absolute Gasteiger partial charge is 0.323 e. The number of nitrogens with zero attached hydrogens (tertiary/aromatic N) is 3. The van der Waals surface area contributed by atoms with E-state index in [0.29, 0.717) is 43.4 Å². The summed E-state index contributed by atoms with van der Waals surface area (Å²) in [4.78, 5) is 26.5. The fraction of sp³-hybridized carbons (Fsp3) is 0.364. The van der Waals surface area contributed by atoms with Crippen LogP contribution in [0.4, 0.5) is 26.7 Å². The molecule has 4 amide bonds. The summed E-state index contributed by atoms with van der Waals surface area (Å²) in [6.45, 7) is 2.50. The third-order valence-electron chi connectivity index (χ3n) is 5.55. The number of carbonyl (C=O) groups is 2. The molecule has 2 aliphatic rings. The molecule has 12 heteroatoms. The van der Waals surface area contributed by atoms with Gasteiger partial charge in [-0.05, 0) is 30.3 Å². The monoisotopic (exact) mass is 488 g/mol. The average molecular weight is 489 g/mol. The van der Waals surface area contributed by atoms with Crippen LogP contribution < -0.4 is 16.0 Å². The number of hydrogen-bond acceptors (Lipinski definition) is 5. The molecule has 0 unspecified atom stereocenters. The number of carbonyl (C=O) groups excluding carboxylic acids is 2. The number of ether oxygens (including phenoxy) is 1. The highest BCUT2D eigenvalue weighted by molar-refractivity contribution is 7.86. The Balaban J connectivity index is 1.28. The van der Waals surface area contributed by atoms with Gasteiger partial charge in [0.15, 0.2) is 0 Å². The Bertz CT molecular complexity index is 1100. The van der Waals surface area contributed by atoms with Crippen LogP contribution >= 0.6 is 0 Å². The molecule has 182 valence electrons. The van der Waals surface area contributed by atoms with Gasteiger partial charge in [-0.1, -0.05) is 24.3 Å². The Labute approximate surface area is 198 Å². The van der Waals surface area contributed by atoms with Crippen molar-refractivity contribution in [2.75, 3.05) is 68.4 Å². The summed E-state index contributed by atoms with van der Waals surface area (Å²) in [5.74, 6) is 0. The molecule has 11 nitrogen and oxygen atoms in total. The first-order valence-corrected chi connectivity index (χ1v) is 12.4. The van der Waals surface area contributed by atoms with Gasteiger partial charge in [-0.15, -0.1) is 0 Å². The number of para-hydroxylation sites is 1. The van der Waals surface area contributed by atoms with E-state index in [1.807, 2.05) is 18.2 Å². The first kappa shape index (κ1) is 24.0. The number of piperazine rings is 1. The van der Waals surface area contributed by atoms with Crippen molar-refractivity contribution in [1.29, 1.82) is 0 Å². The molecule has 2 fully saturated rings. The molecule has 2 aliphatic heterocycles. The Kier molecular flexibility index (Phi) is 7.63. The number of morpholine rings is 1. The molecule has 4 rings (SSSR count). The van der Waals surface area contributed by atoms with Crippen molar-refractivity contribution in [3.63, 3.8) is 0 Å². The summed E-state index contributed by atoms with van der Waals surface area (Å²) in [5.41, 5.74) is 1.71. The Morgan fingerprint density at radius 1 is 0.706 bits per heavy atom. The molecule has 2 heterocycles. The predicted molar refractivity (Wildman–Crippen MR) is 129 cm³/mol. The van der Waals surface area contributed by atoms with E-state index in [9.17, 15) is 18.0 Å². The summed E-state index contributed by atoms with van der Waals surface area (Å²) in [6, 6.07) is 15.2. The van der Waals surface area contributed by atoms with Crippen molar-refractivity contribution in [3.8, 4) is 0 Å². The van der Waals surface area contributed by atoms with Gasteiger partial charge in [-0.2, -0.15) is 17.0 Å². The molecule has 0 aliphatic carbocycles. The fourth-order valence-electron chi connectivity index (χ4n) is 3.75. The molecular weight excluding hydrogens is 460 g/mol. The topological polar surface area (TPSA) is 123 Å². The van der Waals surface area contributed by atoms with E-state index in [-0.39, 0.29) is 32.2 Å². The predicted octanol–water partition coefficient (Wildman–Crippen LogP) is 2.06. The van der Waals surface area contributed by atoms with Crippen molar-refractivity contribution in [1.82, 2.24) is 13.5 Å². The molecule has 3 N–H and O–H groups in total. The molecule has 0 spiro atoms. The standard InChI is InChI=1S/C22H28N6O5S/c29-21(23-18-5-2-1-3-6-18)24-19-7-4-8-20(17-19)25-22(30)26-9-11-27(12-10-26)34(31,32)28-13-15-33-16-14-28/h1-8,17H,9-16H2,(H,25,30)(H2,23,24,29). The highest BCUT2D eigenvalue weighted by Crippen LogP contribution is 2.18. The van der Waals surface area contributed by atoms with Crippen molar-refractivity contribution in [2.45, 2.75) is 0 Å². The minimum absolute atomic E-state index is 0.231. The van der Waals surface area contributed by atoms with E-state index in [1.54, 1.807) is 41.3 Å². The van der Waals surface area contributed by atoms with Gasteiger partial charge >= 0.3 is 12.1 Å². The van der Waals surface area contributed by atoms with Crippen LogP contribution in [0, 0.1) is 0 Å². The van der Waals surface area contributed by atoms with E-state index in [2.05, 4.69) is 16.0 Å². The summed E-state index contributed by atoms with van der Waals surface area (Å²) < 4.78 is 33.6. The van der Waals surface area contributed by atoms with E-state index < -0.39 is 16.2 Å². The zero-order chi connectivity index (χ0) is 24.0. The fourth-order valence-corrected chi connectivity index (χ4v) is 5.32. The van der Waals surface area contributed by atoms with Crippen molar-refractivity contribution in [3.05, 3.63) is 54.6 Å². The van der Waals surface area contributed by atoms with E-state index in [1.165, 1.54) is 8.61 Å². The zero-order valence-corrected chi connectivity index (χ0v) is 19.5. The highest BCUT2D eigenvalue weighted by Gasteiger charge is 2.34. The highest BCUT2D eigenvalue weighted by atomic mass is 32.2. The lowest BCUT2D eigenvalue weighted by Crippen LogP contribution is -2.56. The Morgan fingerprint density at radius 2 is 1.26 bits per heavy atom. The zero-order valence-electron chi connectivity index (χ0n) is 18.6. The maximum atomic E-state index is 12.8. The SMILES string of the molecule is O=C(Nc1ccccc1)Nc1cccc(NC(=O)N2CCN(S(=O)(=O)N3CCOCC3)CC2)c1. The van der Waals surface area contributed by atoms with Gasteiger partial charge in [0, 0.05) is 56.3 Å². The number of hydrogen-bond donors (Lipinski definition) is 3.